The van der Waals surface area contributed by atoms with Crippen molar-refractivity contribution in [3.8, 4) is 16.9 Å². The predicted molar refractivity (Wildman–Crippen MR) is 127 cm³/mol. The van der Waals surface area contributed by atoms with Crippen molar-refractivity contribution in [3.05, 3.63) is 89.2 Å². The van der Waals surface area contributed by atoms with E-state index in [2.05, 4.69) is 0 Å². The lowest BCUT2D eigenvalue weighted by Crippen LogP contribution is -2.51. The summed E-state index contributed by atoms with van der Waals surface area (Å²) in [7, 11) is 0. The van der Waals surface area contributed by atoms with Crippen molar-refractivity contribution >= 4 is 5.97 Å². The Bertz CT molecular complexity index is 1140. The van der Waals surface area contributed by atoms with Gasteiger partial charge in [0.15, 0.2) is 6.10 Å². The van der Waals surface area contributed by atoms with E-state index in [1.54, 1.807) is 26.8 Å². The Morgan fingerprint density at radius 2 is 1.82 bits per heavy atom. The summed E-state index contributed by atoms with van der Waals surface area (Å²) in [5, 5.41) is 0. The molecule has 1 heterocycles. The molecule has 6 heteroatoms. The van der Waals surface area contributed by atoms with E-state index in [-0.39, 0.29) is 11.8 Å². The zero-order valence-electron chi connectivity index (χ0n) is 19.7. The maximum atomic E-state index is 14.0. The van der Waals surface area contributed by atoms with Gasteiger partial charge >= 0.3 is 5.97 Å². The summed E-state index contributed by atoms with van der Waals surface area (Å²) in [5.74, 6) is 0.115. The first kappa shape index (κ1) is 23.9. The van der Waals surface area contributed by atoms with Gasteiger partial charge in [-0.15, -0.1) is 0 Å². The second-order valence-corrected chi connectivity index (χ2v) is 8.43. The minimum atomic E-state index is -0.686. The minimum Gasteiger partial charge on any atom is -0.489 e. The highest BCUT2D eigenvalue weighted by Gasteiger charge is 2.44. The van der Waals surface area contributed by atoms with Crippen LogP contribution in [-0.4, -0.2) is 31.9 Å². The molecule has 0 spiro atoms. The van der Waals surface area contributed by atoms with Gasteiger partial charge in [-0.2, -0.15) is 0 Å². The van der Waals surface area contributed by atoms with Crippen molar-refractivity contribution in [2.45, 2.75) is 39.1 Å². The molecule has 4 rings (SSSR count). The van der Waals surface area contributed by atoms with Crippen LogP contribution in [0.25, 0.3) is 11.1 Å². The van der Waals surface area contributed by atoms with E-state index in [1.807, 2.05) is 54.6 Å². The van der Waals surface area contributed by atoms with Gasteiger partial charge in [-0.05, 0) is 72.9 Å². The molecule has 1 aliphatic heterocycles. The average molecular weight is 465 g/mol. The molecule has 0 bridgehead atoms. The third-order valence-electron chi connectivity index (χ3n) is 5.98. The summed E-state index contributed by atoms with van der Waals surface area (Å²) in [6.45, 7) is 6.69. The number of halogens is 1. The first-order valence-electron chi connectivity index (χ1n) is 11.4. The van der Waals surface area contributed by atoms with Crippen molar-refractivity contribution in [2.75, 3.05) is 19.8 Å². The lowest BCUT2D eigenvalue weighted by atomic mass is 9.91. The van der Waals surface area contributed by atoms with E-state index in [9.17, 15) is 9.18 Å². The molecule has 3 aromatic rings. The average Bonchev–Trinajstić information content (AvgIpc) is 2.82. The SMILES string of the molecule is CCOC(=O)C(C)OC1(c2ccc(OCc3cccc(-c4cccc(F)c4C)c3)cc2)COC1. The molecular formula is C28H29FO5. The predicted octanol–water partition coefficient (Wildman–Crippen LogP) is 5.57. The van der Waals surface area contributed by atoms with E-state index in [4.69, 9.17) is 18.9 Å². The zero-order chi connectivity index (χ0) is 24.1. The van der Waals surface area contributed by atoms with E-state index in [0.29, 0.717) is 37.7 Å². The van der Waals surface area contributed by atoms with E-state index in [1.165, 1.54) is 6.07 Å². The molecule has 1 saturated heterocycles. The second kappa shape index (κ2) is 10.4. The van der Waals surface area contributed by atoms with E-state index >= 15 is 0 Å². The van der Waals surface area contributed by atoms with Crippen LogP contribution in [0.5, 0.6) is 5.75 Å². The Labute approximate surface area is 199 Å². The molecule has 34 heavy (non-hydrogen) atoms. The highest BCUT2D eigenvalue weighted by atomic mass is 19.1. The summed E-state index contributed by atoms with van der Waals surface area (Å²) in [5.41, 5.74) is 3.70. The molecule has 1 atom stereocenters. The highest BCUT2D eigenvalue weighted by molar-refractivity contribution is 5.74. The number of carbonyl (C=O) groups excluding carboxylic acids is 1. The van der Waals surface area contributed by atoms with Crippen molar-refractivity contribution in [2.24, 2.45) is 0 Å². The summed E-state index contributed by atoms with van der Waals surface area (Å²) in [4.78, 5) is 12.0. The van der Waals surface area contributed by atoms with Gasteiger partial charge in [0.25, 0.3) is 0 Å². The molecule has 1 unspecified atom stereocenters. The molecule has 5 nitrogen and oxygen atoms in total. The number of carbonyl (C=O) groups is 1. The van der Waals surface area contributed by atoms with Crippen LogP contribution in [0.3, 0.4) is 0 Å². The molecule has 0 radical (unpaired) electrons. The first-order chi connectivity index (χ1) is 16.4. The topological polar surface area (TPSA) is 54.0 Å². The van der Waals surface area contributed by atoms with Crippen LogP contribution in [-0.2, 0) is 31.2 Å². The molecule has 0 aromatic heterocycles. The maximum Gasteiger partial charge on any atom is 0.334 e. The standard InChI is InChI=1S/C28H29FO5/c1-4-32-27(30)20(3)34-28(17-31-18-28)23-11-13-24(14-12-23)33-16-21-7-5-8-22(15-21)25-9-6-10-26(29)19(25)2/h5-15,20H,4,16-18H2,1-3H3. The smallest absolute Gasteiger partial charge is 0.334 e. The molecule has 1 aliphatic rings. The van der Waals surface area contributed by atoms with Crippen LogP contribution in [0.1, 0.15) is 30.5 Å². The Morgan fingerprint density at radius 1 is 1.09 bits per heavy atom. The lowest BCUT2D eigenvalue weighted by molar-refractivity contribution is -0.239. The fourth-order valence-corrected chi connectivity index (χ4v) is 4.01. The highest BCUT2D eigenvalue weighted by Crippen LogP contribution is 2.36. The third-order valence-corrected chi connectivity index (χ3v) is 5.98. The van der Waals surface area contributed by atoms with Gasteiger partial charge < -0.3 is 18.9 Å². The summed E-state index contributed by atoms with van der Waals surface area (Å²) >= 11 is 0. The Kier molecular flexibility index (Phi) is 7.29. The maximum absolute atomic E-state index is 14.0. The van der Waals surface area contributed by atoms with Crippen molar-refractivity contribution in [3.63, 3.8) is 0 Å². The van der Waals surface area contributed by atoms with Crippen LogP contribution < -0.4 is 4.74 Å². The van der Waals surface area contributed by atoms with Gasteiger partial charge in [0.2, 0.25) is 0 Å². The molecular weight excluding hydrogens is 435 g/mol. The van der Waals surface area contributed by atoms with Gasteiger partial charge in [0.05, 0.1) is 19.8 Å². The monoisotopic (exact) mass is 464 g/mol. The lowest BCUT2D eigenvalue weighted by Gasteiger charge is -2.42. The zero-order valence-corrected chi connectivity index (χ0v) is 19.7. The molecule has 0 saturated carbocycles. The van der Waals surface area contributed by atoms with E-state index in [0.717, 1.165) is 22.3 Å². The quantitative estimate of drug-likeness (QED) is 0.387. The summed E-state index contributed by atoms with van der Waals surface area (Å²) in [6, 6.07) is 20.7. The van der Waals surface area contributed by atoms with Crippen LogP contribution in [0.2, 0.25) is 0 Å². The fourth-order valence-electron chi connectivity index (χ4n) is 4.01. The molecule has 0 aliphatic carbocycles. The fraction of sp³-hybridized carbons (Fsp3) is 0.321. The van der Waals surface area contributed by atoms with Gasteiger partial charge in [-0.25, -0.2) is 9.18 Å². The van der Waals surface area contributed by atoms with Gasteiger partial charge in [0.1, 0.15) is 23.8 Å². The number of esters is 1. The second-order valence-electron chi connectivity index (χ2n) is 8.43. The van der Waals surface area contributed by atoms with E-state index < -0.39 is 11.7 Å². The first-order valence-corrected chi connectivity index (χ1v) is 11.4. The Hall–Kier alpha value is -3.22. The summed E-state index contributed by atoms with van der Waals surface area (Å²) in [6.07, 6.45) is -0.686. The van der Waals surface area contributed by atoms with Gasteiger partial charge in [-0.3, -0.25) is 0 Å². The van der Waals surface area contributed by atoms with Crippen LogP contribution >= 0.6 is 0 Å². The molecule has 178 valence electrons. The molecule has 1 fully saturated rings. The third kappa shape index (κ3) is 5.13. The molecule has 0 N–H and O–H groups in total. The Balaban J connectivity index is 1.42. The van der Waals surface area contributed by atoms with Gasteiger partial charge in [0, 0.05) is 0 Å². The normalized spacial score (nSPS) is 15.3. The molecule has 0 amide bonds. The number of benzene rings is 3. The van der Waals surface area contributed by atoms with Crippen LogP contribution in [0, 0.1) is 12.7 Å². The Morgan fingerprint density at radius 3 is 2.50 bits per heavy atom. The number of rotatable bonds is 9. The number of hydrogen-bond donors (Lipinski definition) is 0. The van der Waals surface area contributed by atoms with Gasteiger partial charge in [-0.1, -0.05) is 42.5 Å². The van der Waals surface area contributed by atoms with Crippen molar-refractivity contribution in [1.82, 2.24) is 0 Å². The number of hydrogen-bond acceptors (Lipinski definition) is 5. The summed E-state index contributed by atoms with van der Waals surface area (Å²) < 4.78 is 36.5. The van der Waals surface area contributed by atoms with Crippen LogP contribution in [0.4, 0.5) is 4.39 Å². The van der Waals surface area contributed by atoms with Crippen molar-refractivity contribution < 1.29 is 28.1 Å². The number of ether oxygens (including phenoxy) is 4. The largest absolute Gasteiger partial charge is 0.489 e. The molecule has 3 aromatic carbocycles. The van der Waals surface area contributed by atoms with Crippen molar-refractivity contribution in [1.29, 1.82) is 0 Å². The van der Waals surface area contributed by atoms with Crippen LogP contribution in [0.15, 0.2) is 66.7 Å². The minimum absolute atomic E-state index is 0.213.